The Morgan fingerprint density at radius 1 is 1.35 bits per heavy atom. The molecular formula is C15H16ClFN2O. The number of hydrogen-bond donors (Lipinski definition) is 1. The number of benzene rings is 1. The van der Waals surface area contributed by atoms with E-state index in [0.717, 1.165) is 0 Å². The lowest BCUT2D eigenvalue weighted by Crippen LogP contribution is -2.24. The summed E-state index contributed by atoms with van der Waals surface area (Å²) in [4.78, 5) is 4.35. The van der Waals surface area contributed by atoms with Crippen molar-refractivity contribution < 1.29 is 9.13 Å². The first-order valence-corrected chi connectivity index (χ1v) is 6.73. The molecule has 3 nitrogen and oxygen atoms in total. The lowest BCUT2D eigenvalue weighted by Gasteiger charge is -2.21. The fraction of sp³-hybridized carbons (Fsp3) is 0.267. The van der Waals surface area contributed by atoms with Crippen molar-refractivity contribution in [1.82, 2.24) is 10.3 Å². The Bertz CT molecular complexity index is 592. The molecule has 0 aliphatic carbocycles. The second kappa shape index (κ2) is 6.68. The topological polar surface area (TPSA) is 34.2 Å². The van der Waals surface area contributed by atoms with Crippen LogP contribution in [0.2, 0.25) is 5.02 Å². The van der Waals surface area contributed by atoms with Gasteiger partial charge in [0.05, 0.1) is 18.2 Å². The van der Waals surface area contributed by atoms with Crippen LogP contribution < -0.4 is 10.1 Å². The van der Waals surface area contributed by atoms with Crippen molar-refractivity contribution in [2.75, 3.05) is 13.7 Å². The molecule has 0 saturated heterocycles. The zero-order valence-electron chi connectivity index (χ0n) is 11.4. The minimum Gasteiger partial charge on any atom is -0.495 e. The number of halogens is 2. The van der Waals surface area contributed by atoms with E-state index in [2.05, 4.69) is 10.3 Å². The van der Waals surface area contributed by atoms with Crippen molar-refractivity contribution in [3.8, 4) is 5.75 Å². The van der Waals surface area contributed by atoms with Crippen LogP contribution in [0, 0.1) is 5.82 Å². The van der Waals surface area contributed by atoms with E-state index in [4.69, 9.17) is 16.3 Å². The van der Waals surface area contributed by atoms with E-state index in [1.54, 1.807) is 31.5 Å². The van der Waals surface area contributed by atoms with Gasteiger partial charge in [-0.1, -0.05) is 30.7 Å². The van der Waals surface area contributed by atoms with Gasteiger partial charge in [-0.3, -0.25) is 4.98 Å². The number of pyridine rings is 1. The van der Waals surface area contributed by atoms with Crippen LogP contribution in [0.4, 0.5) is 4.39 Å². The molecule has 1 unspecified atom stereocenters. The highest BCUT2D eigenvalue weighted by atomic mass is 35.5. The number of nitrogens with one attached hydrogen (secondary N) is 1. The lowest BCUT2D eigenvalue weighted by molar-refractivity contribution is 0.400. The van der Waals surface area contributed by atoms with Gasteiger partial charge < -0.3 is 10.1 Å². The van der Waals surface area contributed by atoms with Crippen LogP contribution in [0.5, 0.6) is 5.75 Å². The molecule has 106 valence electrons. The van der Waals surface area contributed by atoms with Crippen LogP contribution in [0.15, 0.2) is 36.5 Å². The molecule has 0 aliphatic heterocycles. The highest BCUT2D eigenvalue weighted by Crippen LogP contribution is 2.33. The summed E-state index contributed by atoms with van der Waals surface area (Å²) in [5.74, 6) is 0.195. The molecule has 5 heteroatoms. The lowest BCUT2D eigenvalue weighted by atomic mass is 10.0. The largest absolute Gasteiger partial charge is 0.495 e. The molecule has 0 saturated carbocycles. The molecule has 1 aromatic carbocycles. The summed E-state index contributed by atoms with van der Waals surface area (Å²) in [5, 5.41) is 3.37. The Labute approximate surface area is 122 Å². The number of rotatable bonds is 5. The molecule has 2 aromatic rings. The molecule has 1 heterocycles. The third-order valence-electron chi connectivity index (χ3n) is 2.99. The van der Waals surface area contributed by atoms with Crippen molar-refractivity contribution in [1.29, 1.82) is 0 Å². The maximum absolute atomic E-state index is 13.7. The van der Waals surface area contributed by atoms with Gasteiger partial charge in [0.2, 0.25) is 0 Å². The van der Waals surface area contributed by atoms with Gasteiger partial charge in [-0.05, 0) is 30.3 Å². The average Bonchev–Trinajstić information content (AvgIpc) is 2.48. The molecule has 1 aromatic heterocycles. The molecule has 0 bridgehead atoms. The second-order valence-electron chi connectivity index (χ2n) is 4.22. The maximum atomic E-state index is 13.7. The Morgan fingerprint density at radius 3 is 2.85 bits per heavy atom. The van der Waals surface area contributed by atoms with Crippen LogP contribution in [0.3, 0.4) is 0 Å². The van der Waals surface area contributed by atoms with Crippen LogP contribution in [0.1, 0.15) is 24.2 Å². The first-order valence-electron chi connectivity index (χ1n) is 6.35. The summed E-state index contributed by atoms with van der Waals surface area (Å²) >= 11 is 6.09. The number of aromatic nitrogens is 1. The van der Waals surface area contributed by atoms with Crippen molar-refractivity contribution in [2.45, 2.75) is 13.0 Å². The molecule has 0 radical (unpaired) electrons. The number of nitrogens with zero attached hydrogens (tertiary/aromatic N) is 1. The second-order valence-corrected chi connectivity index (χ2v) is 4.60. The van der Waals surface area contributed by atoms with Crippen molar-refractivity contribution in [2.24, 2.45) is 0 Å². The fourth-order valence-corrected chi connectivity index (χ4v) is 2.33. The Kier molecular flexibility index (Phi) is 4.93. The Hall–Kier alpha value is -1.65. The summed E-state index contributed by atoms with van der Waals surface area (Å²) in [6.07, 6.45) is 1.68. The van der Waals surface area contributed by atoms with E-state index >= 15 is 0 Å². The fourth-order valence-electron chi connectivity index (χ4n) is 2.09. The van der Waals surface area contributed by atoms with Crippen molar-refractivity contribution >= 4 is 11.6 Å². The van der Waals surface area contributed by atoms with Crippen LogP contribution in [-0.2, 0) is 0 Å². The van der Waals surface area contributed by atoms with Gasteiger partial charge >= 0.3 is 0 Å². The van der Waals surface area contributed by atoms with E-state index < -0.39 is 5.82 Å². The molecule has 0 spiro atoms. The summed E-state index contributed by atoms with van der Waals surface area (Å²) in [5.41, 5.74) is 1.33. The van der Waals surface area contributed by atoms with Crippen molar-refractivity contribution in [3.05, 3.63) is 58.6 Å². The molecule has 0 aliphatic rings. The molecular weight excluding hydrogens is 279 g/mol. The van der Waals surface area contributed by atoms with Gasteiger partial charge in [0.15, 0.2) is 0 Å². The number of methoxy groups -OCH3 is 1. The standard InChI is InChI=1S/C15H16ClFN2O/c1-3-18-14(10-6-4-7-11(17)13(10)16)15-12(20-2)8-5-9-19-15/h4-9,14,18H,3H2,1-2H3. The normalized spacial score (nSPS) is 12.2. The van der Waals surface area contributed by atoms with Crippen LogP contribution >= 0.6 is 11.6 Å². The van der Waals surface area contributed by atoms with Gasteiger partial charge in [-0.2, -0.15) is 0 Å². The minimum atomic E-state index is -0.443. The summed E-state index contributed by atoms with van der Waals surface area (Å²) < 4.78 is 19.0. The molecule has 20 heavy (non-hydrogen) atoms. The van der Waals surface area contributed by atoms with Gasteiger partial charge in [-0.15, -0.1) is 0 Å². The highest BCUT2D eigenvalue weighted by molar-refractivity contribution is 6.31. The number of hydrogen-bond acceptors (Lipinski definition) is 3. The first kappa shape index (κ1) is 14.8. The van der Waals surface area contributed by atoms with Crippen LogP contribution in [-0.4, -0.2) is 18.6 Å². The summed E-state index contributed by atoms with van der Waals surface area (Å²) in [7, 11) is 1.58. The molecule has 0 amide bonds. The van der Waals surface area contributed by atoms with Gasteiger partial charge in [0.25, 0.3) is 0 Å². The molecule has 1 atom stereocenters. The van der Waals surface area contributed by atoms with Gasteiger partial charge in [0, 0.05) is 6.20 Å². The number of ether oxygens (including phenoxy) is 1. The van der Waals surface area contributed by atoms with E-state index in [1.165, 1.54) is 6.07 Å². The molecule has 0 fully saturated rings. The van der Waals surface area contributed by atoms with Crippen molar-refractivity contribution in [3.63, 3.8) is 0 Å². The summed E-state index contributed by atoms with van der Waals surface area (Å²) in [6.45, 7) is 2.66. The SMILES string of the molecule is CCNC(c1cccc(F)c1Cl)c1ncccc1OC. The maximum Gasteiger partial charge on any atom is 0.142 e. The predicted molar refractivity (Wildman–Crippen MR) is 77.7 cm³/mol. The molecule has 1 N–H and O–H groups in total. The monoisotopic (exact) mass is 294 g/mol. The zero-order chi connectivity index (χ0) is 14.5. The minimum absolute atomic E-state index is 0.103. The van der Waals surface area contributed by atoms with Gasteiger partial charge in [0.1, 0.15) is 17.3 Å². The third-order valence-corrected chi connectivity index (χ3v) is 3.39. The first-order chi connectivity index (χ1) is 9.69. The summed E-state index contributed by atoms with van der Waals surface area (Å²) in [6, 6.07) is 8.05. The quantitative estimate of drug-likeness (QED) is 0.915. The Morgan fingerprint density at radius 2 is 2.15 bits per heavy atom. The van der Waals surface area contributed by atoms with E-state index in [1.807, 2.05) is 13.0 Å². The third kappa shape index (κ3) is 2.92. The van der Waals surface area contributed by atoms with E-state index in [9.17, 15) is 4.39 Å². The van der Waals surface area contributed by atoms with E-state index in [-0.39, 0.29) is 11.1 Å². The molecule has 2 rings (SSSR count). The van der Waals surface area contributed by atoms with Crippen LogP contribution in [0.25, 0.3) is 0 Å². The Balaban J connectivity index is 2.53. The average molecular weight is 295 g/mol. The van der Waals surface area contributed by atoms with E-state index in [0.29, 0.717) is 23.6 Å². The predicted octanol–water partition coefficient (Wildman–Crippen LogP) is 3.58. The highest BCUT2D eigenvalue weighted by Gasteiger charge is 2.22. The zero-order valence-corrected chi connectivity index (χ0v) is 12.1. The van der Waals surface area contributed by atoms with Gasteiger partial charge in [-0.25, -0.2) is 4.39 Å². The smallest absolute Gasteiger partial charge is 0.142 e.